The van der Waals surface area contributed by atoms with Crippen molar-refractivity contribution >= 4 is 11.8 Å². The van der Waals surface area contributed by atoms with Crippen LogP contribution in [0.5, 0.6) is 0 Å². The lowest BCUT2D eigenvalue weighted by Crippen LogP contribution is -2.05. The molecule has 0 radical (unpaired) electrons. The highest BCUT2D eigenvalue weighted by atomic mass is 32.2. The molecule has 0 saturated heterocycles. The Labute approximate surface area is 105 Å². The number of nitrogens with zero attached hydrogens (tertiary/aromatic N) is 5. The van der Waals surface area contributed by atoms with Crippen molar-refractivity contribution in [3.63, 3.8) is 0 Å². The average Bonchev–Trinajstić information content (AvgIpc) is 2.70. The summed E-state index contributed by atoms with van der Waals surface area (Å²) in [6, 6.07) is 4.20. The van der Waals surface area contributed by atoms with E-state index in [1.807, 2.05) is 0 Å². The van der Waals surface area contributed by atoms with Crippen molar-refractivity contribution in [2.45, 2.75) is 44.3 Å². The van der Waals surface area contributed by atoms with Gasteiger partial charge in [0.25, 0.3) is 0 Å². The molecule has 17 heavy (non-hydrogen) atoms. The Balaban J connectivity index is 2.66. The van der Waals surface area contributed by atoms with E-state index in [1.165, 1.54) is 11.8 Å². The molecule has 1 heterocycles. The molecule has 0 atom stereocenters. The van der Waals surface area contributed by atoms with Crippen LogP contribution in [-0.4, -0.2) is 20.5 Å². The zero-order chi connectivity index (χ0) is 12.5. The van der Waals surface area contributed by atoms with E-state index >= 15 is 0 Å². The highest BCUT2D eigenvalue weighted by molar-refractivity contribution is 7.99. The van der Waals surface area contributed by atoms with Gasteiger partial charge in [-0.3, -0.25) is 0 Å². The largest absolute Gasteiger partial charge is 0.248 e. The van der Waals surface area contributed by atoms with E-state index in [-0.39, 0.29) is 0 Å². The third-order valence-corrected chi connectivity index (χ3v) is 2.92. The zero-order valence-corrected chi connectivity index (χ0v) is 10.7. The number of aromatic nitrogens is 3. The number of thioether (sulfide) groups is 1. The number of aryl methyl sites for hydroxylation is 2. The minimum atomic E-state index is 0.447. The van der Waals surface area contributed by atoms with Crippen LogP contribution in [0.25, 0.3) is 0 Å². The van der Waals surface area contributed by atoms with Gasteiger partial charge in [0.15, 0.2) is 0 Å². The molecule has 0 saturated carbocycles. The van der Waals surface area contributed by atoms with Crippen molar-refractivity contribution in [2.75, 3.05) is 5.75 Å². The van der Waals surface area contributed by atoms with Gasteiger partial charge in [0.2, 0.25) is 5.16 Å². The Kier molecular flexibility index (Phi) is 6.13. The van der Waals surface area contributed by atoms with Crippen molar-refractivity contribution in [3.05, 3.63) is 5.82 Å². The second-order valence-electron chi connectivity index (χ2n) is 3.45. The van der Waals surface area contributed by atoms with Gasteiger partial charge in [-0.25, -0.2) is 9.67 Å². The first-order valence-corrected chi connectivity index (χ1v) is 6.60. The van der Waals surface area contributed by atoms with Crippen molar-refractivity contribution in [3.8, 4) is 12.1 Å². The van der Waals surface area contributed by atoms with E-state index in [4.69, 9.17) is 10.5 Å². The molecule has 0 spiro atoms. The lowest BCUT2D eigenvalue weighted by atomic mass is 10.3. The Morgan fingerprint density at radius 1 is 1.29 bits per heavy atom. The predicted octanol–water partition coefficient (Wildman–Crippen LogP) is 2.15. The van der Waals surface area contributed by atoms with Gasteiger partial charge in [-0.2, -0.15) is 10.5 Å². The van der Waals surface area contributed by atoms with Gasteiger partial charge in [-0.15, -0.1) is 5.10 Å². The molecular weight excluding hydrogens is 234 g/mol. The highest BCUT2D eigenvalue weighted by Gasteiger charge is 2.09. The van der Waals surface area contributed by atoms with E-state index in [2.05, 4.69) is 29.1 Å². The molecule has 0 N–H and O–H groups in total. The summed E-state index contributed by atoms with van der Waals surface area (Å²) >= 11 is 1.49. The fourth-order valence-corrected chi connectivity index (χ4v) is 2.05. The molecular formula is C11H15N5S. The van der Waals surface area contributed by atoms with Crippen molar-refractivity contribution in [1.82, 2.24) is 14.8 Å². The molecule has 0 aliphatic carbocycles. The predicted molar refractivity (Wildman–Crippen MR) is 65.2 cm³/mol. The monoisotopic (exact) mass is 249 g/mol. The minimum Gasteiger partial charge on any atom is -0.248 e. The van der Waals surface area contributed by atoms with Crippen LogP contribution < -0.4 is 0 Å². The van der Waals surface area contributed by atoms with Crippen LogP contribution in [0.1, 0.15) is 32.0 Å². The lowest BCUT2D eigenvalue weighted by molar-refractivity contribution is 0.577. The van der Waals surface area contributed by atoms with Crippen LogP contribution in [0.3, 0.4) is 0 Å². The molecule has 0 aromatic carbocycles. The maximum atomic E-state index is 8.58. The first-order valence-electron chi connectivity index (χ1n) is 5.62. The second kappa shape index (κ2) is 7.70. The molecule has 0 unspecified atom stereocenters. The first kappa shape index (κ1) is 13.5. The normalized spacial score (nSPS) is 9.82. The fraction of sp³-hybridized carbons (Fsp3) is 0.636. The van der Waals surface area contributed by atoms with Gasteiger partial charge in [0.05, 0.1) is 25.1 Å². The van der Waals surface area contributed by atoms with Gasteiger partial charge in [0.1, 0.15) is 5.82 Å². The molecule has 90 valence electrons. The summed E-state index contributed by atoms with van der Waals surface area (Å²) in [7, 11) is 0. The summed E-state index contributed by atoms with van der Waals surface area (Å²) in [6.07, 6.45) is 2.83. The van der Waals surface area contributed by atoms with Gasteiger partial charge in [-0.1, -0.05) is 18.7 Å². The number of hydrogen-bond donors (Lipinski definition) is 0. The van der Waals surface area contributed by atoms with Crippen LogP contribution in [0, 0.1) is 22.7 Å². The van der Waals surface area contributed by atoms with E-state index < -0.39 is 0 Å². The zero-order valence-electron chi connectivity index (χ0n) is 9.89. The van der Waals surface area contributed by atoms with E-state index in [9.17, 15) is 0 Å². The first-order chi connectivity index (χ1) is 8.31. The maximum Gasteiger partial charge on any atom is 0.208 e. The molecule has 5 nitrogen and oxygen atoms in total. The molecule has 0 aliphatic rings. The third-order valence-electron chi connectivity index (χ3n) is 2.08. The van der Waals surface area contributed by atoms with Crippen molar-refractivity contribution in [2.24, 2.45) is 0 Å². The molecule has 0 bridgehead atoms. The summed E-state index contributed by atoms with van der Waals surface area (Å²) in [5.41, 5.74) is 0. The molecule has 0 fully saturated rings. The summed E-state index contributed by atoms with van der Waals surface area (Å²) in [6.45, 7) is 2.68. The van der Waals surface area contributed by atoms with Crippen LogP contribution >= 0.6 is 11.8 Å². The van der Waals surface area contributed by atoms with E-state index in [0.29, 0.717) is 30.3 Å². The van der Waals surface area contributed by atoms with Crippen molar-refractivity contribution < 1.29 is 0 Å². The molecule has 0 amide bonds. The fourth-order valence-electron chi connectivity index (χ4n) is 1.34. The molecule has 1 aromatic rings. The van der Waals surface area contributed by atoms with E-state index in [1.54, 1.807) is 4.68 Å². The summed E-state index contributed by atoms with van der Waals surface area (Å²) in [5.74, 6) is 1.65. The summed E-state index contributed by atoms with van der Waals surface area (Å²) < 4.78 is 1.81. The highest BCUT2D eigenvalue weighted by Crippen LogP contribution is 2.15. The molecule has 6 heteroatoms. The Morgan fingerprint density at radius 3 is 2.71 bits per heavy atom. The summed E-state index contributed by atoms with van der Waals surface area (Å²) in [4.78, 5) is 4.42. The van der Waals surface area contributed by atoms with Crippen LogP contribution in [0.15, 0.2) is 5.16 Å². The number of rotatable bonds is 7. The smallest absolute Gasteiger partial charge is 0.208 e. The lowest BCUT2D eigenvalue weighted by Gasteiger charge is -2.00. The Bertz CT molecular complexity index is 426. The van der Waals surface area contributed by atoms with Gasteiger partial charge >= 0.3 is 0 Å². The topological polar surface area (TPSA) is 78.3 Å². The Hall–Kier alpha value is -1.53. The Morgan fingerprint density at radius 2 is 2.06 bits per heavy atom. The minimum absolute atomic E-state index is 0.447. The molecule has 1 rings (SSSR count). The van der Waals surface area contributed by atoms with Gasteiger partial charge < -0.3 is 0 Å². The standard InChI is InChI=1S/C11H15N5S/c1-2-5-10-14-11(17-9-4-7-13)15-16(10)8-3-6-12/h2-5,8-9H2,1H3. The quantitative estimate of drug-likeness (QED) is 0.546. The van der Waals surface area contributed by atoms with E-state index in [0.717, 1.165) is 18.7 Å². The van der Waals surface area contributed by atoms with Crippen LogP contribution in [-0.2, 0) is 13.0 Å². The third kappa shape index (κ3) is 4.46. The van der Waals surface area contributed by atoms with Crippen LogP contribution in [0.2, 0.25) is 0 Å². The number of nitriles is 2. The second-order valence-corrected chi connectivity index (χ2v) is 4.51. The SMILES string of the molecule is CCCc1nc(SCCC#N)nn1CCC#N. The van der Waals surface area contributed by atoms with Crippen LogP contribution in [0.4, 0.5) is 0 Å². The van der Waals surface area contributed by atoms with Crippen molar-refractivity contribution in [1.29, 1.82) is 10.5 Å². The molecule has 0 aliphatic heterocycles. The average molecular weight is 249 g/mol. The molecule has 1 aromatic heterocycles. The van der Waals surface area contributed by atoms with Gasteiger partial charge in [0, 0.05) is 18.6 Å². The summed E-state index contributed by atoms with van der Waals surface area (Å²) in [5, 5.41) is 22.1. The number of hydrogen-bond acceptors (Lipinski definition) is 5. The maximum absolute atomic E-state index is 8.58. The van der Waals surface area contributed by atoms with Gasteiger partial charge in [-0.05, 0) is 6.42 Å².